The lowest BCUT2D eigenvalue weighted by atomic mass is 9.84. The molecule has 128 valence electrons. The fourth-order valence-corrected chi connectivity index (χ4v) is 3.88. The zero-order chi connectivity index (χ0) is 16.2. The van der Waals surface area contributed by atoms with Crippen molar-refractivity contribution in [1.82, 2.24) is 15.1 Å². The highest BCUT2D eigenvalue weighted by Crippen LogP contribution is 2.32. The standard InChI is InChI=1S/C18H29N3O2/c1-20(17(22)14-8-4-9-14)11-5-10-19-18(23)21-12-15-6-2-3-7-16(15)13-21/h2-3,14-16H,4-13H2,1H3,(H,19,23)/t15-,16-/m1/s1. The van der Waals surface area contributed by atoms with Crippen LogP contribution in [0.15, 0.2) is 12.2 Å². The lowest BCUT2D eigenvalue weighted by molar-refractivity contribution is -0.136. The van der Waals surface area contributed by atoms with Crippen LogP contribution in [0.4, 0.5) is 4.79 Å². The van der Waals surface area contributed by atoms with Crippen LogP contribution < -0.4 is 5.32 Å². The molecule has 3 amide bonds. The molecule has 0 radical (unpaired) electrons. The summed E-state index contributed by atoms with van der Waals surface area (Å²) in [7, 11) is 1.88. The van der Waals surface area contributed by atoms with Crippen molar-refractivity contribution in [2.75, 3.05) is 33.2 Å². The molecule has 2 fully saturated rings. The van der Waals surface area contributed by atoms with Crippen LogP contribution >= 0.6 is 0 Å². The number of carbonyl (C=O) groups excluding carboxylic acids is 2. The number of amides is 3. The fraction of sp³-hybridized carbons (Fsp3) is 0.778. The summed E-state index contributed by atoms with van der Waals surface area (Å²) in [4.78, 5) is 28.1. The van der Waals surface area contributed by atoms with Gasteiger partial charge in [0, 0.05) is 39.1 Å². The Morgan fingerprint density at radius 1 is 1.17 bits per heavy atom. The van der Waals surface area contributed by atoms with E-state index in [1.54, 1.807) is 0 Å². The minimum atomic E-state index is 0.0624. The summed E-state index contributed by atoms with van der Waals surface area (Å²) in [5.74, 6) is 1.84. The molecule has 0 aromatic rings. The quantitative estimate of drug-likeness (QED) is 0.624. The number of hydrogen-bond donors (Lipinski definition) is 1. The third kappa shape index (κ3) is 3.88. The van der Waals surface area contributed by atoms with E-state index in [-0.39, 0.29) is 17.9 Å². The van der Waals surface area contributed by atoms with Crippen molar-refractivity contribution in [1.29, 1.82) is 0 Å². The summed E-state index contributed by atoms with van der Waals surface area (Å²) < 4.78 is 0. The van der Waals surface area contributed by atoms with Gasteiger partial charge in [-0.2, -0.15) is 0 Å². The van der Waals surface area contributed by atoms with Gasteiger partial charge in [-0.3, -0.25) is 4.79 Å². The van der Waals surface area contributed by atoms with E-state index < -0.39 is 0 Å². The number of likely N-dealkylation sites (tertiary alicyclic amines) is 1. The molecule has 0 unspecified atom stereocenters. The first-order valence-corrected chi connectivity index (χ1v) is 9.08. The largest absolute Gasteiger partial charge is 0.345 e. The van der Waals surface area contributed by atoms with Crippen LogP contribution in [0, 0.1) is 17.8 Å². The van der Waals surface area contributed by atoms with E-state index in [1.165, 1.54) is 6.42 Å². The lowest BCUT2D eigenvalue weighted by Crippen LogP contribution is -2.41. The third-order valence-electron chi connectivity index (χ3n) is 5.69. The van der Waals surface area contributed by atoms with E-state index in [2.05, 4.69) is 17.5 Å². The van der Waals surface area contributed by atoms with E-state index in [0.29, 0.717) is 18.4 Å². The van der Waals surface area contributed by atoms with E-state index in [1.807, 2.05) is 16.8 Å². The average molecular weight is 319 g/mol. The summed E-state index contributed by atoms with van der Waals surface area (Å²) in [6, 6.07) is 0.0624. The summed E-state index contributed by atoms with van der Waals surface area (Å²) in [6.07, 6.45) is 10.8. The molecule has 0 aromatic carbocycles. The highest BCUT2D eigenvalue weighted by Gasteiger charge is 2.34. The van der Waals surface area contributed by atoms with Crippen LogP contribution in [0.5, 0.6) is 0 Å². The zero-order valence-corrected chi connectivity index (χ0v) is 14.2. The second-order valence-electron chi connectivity index (χ2n) is 7.34. The maximum atomic E-state index is 12.2. The number of nitrogens with one attached hydrogen (secondary N) is 1. The molecule has 1 N–H and O–H groups in total. The number of carbonyl (C=O) groups is 2. The van der Waals surface area contributed by atoms with Crippen LogP contribution in [0.25, 0.3) is 0 Å². The lowest BCUT2D eigenvalue weighted by Gasteiger charge is -2.29. The van der Waals surface area contributed by atoms with Crippen LogP contribution in [0.3, 0.4) is 0 Å². The Kier molecular flexibility index (Phi) is 5.23. The highest BCUT2D eigenvalue weighted by atomic mass is 16.2. The van der Waals surface area contributed by atoms with Crippen molar-refractivity contribution in [3.63, 3.8) is 0 Å². The Bertz CT molecular complexity index is 457. The molecule has 1 saturated carbocycles. The number of hydrogen-bond acceptors (Lipinski definition) is 2. The molecule has 3 rings (SSSR count). The van der Waals surface area contributed by atoms with E-state index in [4.69, 9.17) is 0 Å². The third-order valence-corrected chi connectivity index (χ3v) is 5.69. The zero-order valence-electron chi connectivity index (χ0n) is 14.2. The second-order valence-corrected chi connectivity index (χ2v) is 7.34. The monoisotopic (exact) mass is 319 g/mol. The maximum Gasteiger partial charge on any atom is 0.317 e. The predicted octanol–water partition coefficient (Wildman–Crippen LogP) is 2.24. The number of rotatable bonds is 5. The minimum absolute atomic E-state index is 0.0624. The molecule has 0 bridgehead atoms. The van der Waals surface area contributed by atoms with Gasteiger partial charge in [0.15, 0.2) is 0 Å². The van der Waals surface area contributed by atoms with Gasteiger partial charge < -0.3 is 15.1 Å². The Labute approximate surface area is 139 Å². The van der Waals surface area contributed by atoms with E-state index in [0.717, 1.165) is 51.7 Å². The van der Waals surface area contributed by atoms with Gasteiger partial charge in [-0.25, -0.2) is 4.79 Å². The van der Waals surface area contributed by atoms with E-state index in [9.17, 15) is 9.59 Å². The number of nitrogens with zero attached hydrogens (tertiary/aromatic N) is 2. The Morgan fingerprint density at radius 2 is 1.83 bits per heavy atom. The Hall–Kier alpha value is -1.52. The molecule has 5 nitrogen and oxygen atoms in total. The summed E-state index contributed by atoms with van der Waals surface area (Å²) in [6.45, 7) is 3.15. The van der Waals surface area contributed by atoms with Crippen molar-refractivity contribution >= 4 is 11.9 Å². The highest BCUT2D eigenvalue weighted by molar-refractivity contribution is 5.79. The Balaban J connectivity index is 1.31. The number of urea groups is 1. The van der Waals surface area contributed by atoms with Crippen molar-refractivity contribution in [3.05, 3.63) is 12.2 Å². The molecule has 2 aliphatic carbocycles. The van der Waals surface area contributed by atoms with Gasteiger partial charge in [-0.1, -0.05) is 18.6 Å². The molecule has 23 heavy (non-hydrogen) atoms. The normalized spacial score (nSPS) is 26.6. The molecule has 0 aromatic heterocycles. The molecular formula is C18H29N3O2. The van der Waals surface area contributed by atoms with Gasteiger partial charge in [0.1, 0.15) is 0 Å². The van der Waals surface area contributed by atoms with Crippen molar-refractivity contribution in [3.8, 4) is 0 Å². The minimum Gasteiger partial charge on any atom is -0.345 e. The molecular weight excluding hydrogens is 290 g/mol. The molecule has 1 saturated heterocycles. The molecule has 0 spiro atoms. The topological polar surface area (TPSA) is 52.7 Å². The average Bonchev–Trinajstić information content (AvgIpc) is 2.93. The van der Waals surface area contributed by atoms with Gasteiger partial charge in [-0.05, 0) is 43.9 Å². The molecule has 3 aliphatic rings. The van der Waals surface area contributed by atoms with Crippen molar-refractivity contribution < 1.29 is 9.59 Å². The number of fused-ring (bicyclic) bond motifs is 1. The van der Waals surface area contributed by atoms with Gasteiger partial charge >= 0.3 is 6.03 Å². The first-order valence-electron chi connectivity index (χ1n) is 9.08. The fourth-order valence-electron chi connectivity index (χ4n) is 3.88. The van der Waals surface area contributed by atoms with Gasteiger partial charge in [-0.15, -0.1) is 0 Å². The first kappa shape index (κ1) is 16.3. The second kappa shape index (κ2) is 7.37. The van der Waals surface area contributed by atoms with Crippen LogP contribution in [-0.2, 0) is 4.79 Å². The first-order chi connectivity index (χ1) is 11.1. The van der Waals surface area contributed by atoms with Crippen molar-refractivity contribution in [2.24, 2.45) is 17.8 Å². The van der Waals surface area contributed by atoms with Crippen LogP contribution in [0.1, 0.15) is 38.5 Å². The van der Waals surface area contributed by atoms with Gasteiger partial charge in [0.25, 0.3) is 0 Å². The predicted molar refractivity (Wildman–Crippen MR) is 89.9 cm³/mol. The van der Waals surface area contributed by atoms with Gasteiger partial charge in [0.05, 0.1) is 0 Å². The molecule has 1 aliphatic heterocycles. The van der Waals surface area contributed by atoms with Crippen LogP contribution in [-0.4, -0.2) is 55.0 Å². The maximum absolute atomic E-state index is 12.2. The Morgan fingerprint density at radius 3 is 2.39 bits per heavy atom. The summed E-state index contributed by atoms with van der Waals surface area (Å²) in [5.41, 5.74) is 0. The smallest absolute Gasteiger partial charge is 0.317 e. The summed E-state index contributed by atoms with van der Waals surface area (Å²) in [5, 5.41) is 3.01. The van der Waals surface area contributed by atoms with Crippen molar-refractivity contribution in [2.45, 2.75) is 38.5 Å². The molecule has 5 heteroatoms. The SMILES string of the molecule is CN(CCCNC(=O)N1C[C@H]2CC=CC[C@@H]2C1)C(=O)C1CCC1. The number of allylic oxidation sites excluding steroid dienone is 2. The van der Waals surface area contributed by atoms with Crippen LogP contribution in [0.2, 0.25) is 0 Å². The van der Waals surface area contributed by atoms with Gasteiger partial charge in [0.2, 0.25) is 5.91 Å². The van der Waals surface area contributed by atoms with E-state index >= 15 is 0 Å². The summed E-state index contributed by atoms with van der Waals surface area (Å²) >= 11 is 0. The molecule has 1 heterocycles. The molecule has 2 atom stereocenters.